The van der Waals surface area contributed by atoms with E-state index in [1.54, 1.807) is 0 Å². The van der Waals surface area contributed by atoms with Gasteiger partial charge in [-0.15, -0.1) is 0 Å². The summed E-state index contributed by atoms with van der Waals surface area (Å²) in [5.41, 5.74) is 7.55. The lowest BCUT2D eigenvalue weighted by molar-refractivity contribution is 0.809. The number of halogens is 1. The number of nitrogens with two attached hydrogens (primary N) is 1. The minimum Gasteiger partial charge on any atom is -0.370 e. The van der Waals surface area contributed by atoms with Gasteiger partial charge in [0.05, 0.1) is 6.04 Å². The van der Waals surface area contributed by atoms with Gasteiger partial charge in [0.15, 0.2) is 5.96 Å². The average molecular weight is 196 g/mol. The second-order valence-corrected chi connectivity index (χ2v) is 3.42. The highest BCUT2D eigenvalue weighted by Crippen LogP contribution is 2.34. The highest BCUT2D eigenvalue weighted by molar-refractivity contribution is 6.32. The fourth-order valence-corrected chi connectivity index (χ4v) is 1.85. The predicted octanol–water partition coefficient (Wildman–Crippen LogP) is 2.14. The van der Waals surface area contributed by atoms with Crippen molar-refractivity contribution in [3.63, 3.8) is 0 Å². The van der Waals surface area contributed by atoms with Gasteiger partial charge >= 0.3 is 0 Å². The summed E-state index contributed by atoms with van der Waals surface area (Å²) in [4.78, 5) is 4.18. The fraction of sp³-hybridized carbons (Fsp3) is 0.222. The first kappa shape index (κ1) is 8.38. The summed E-state index contributed by atoms with van der Waals surface area (Å²) < 4.78 is 0. The monoisotopic (exact) mass is 195 g/mol. The van der Waals surface area contributed by atoms with E-state index in [1.807, 2.05) is 25.1 Å². The zero-order valence-corrected chi connectivity index (χ0v) is 7.97. The smallest absolute Gasteiger partial charge is 0.193 e. The van der Waals surface area contributed by atoms with Crippen molar-refractivity contribution < 1.29 is 0 Å². The first-order valence-electron chi connectivity index (χ1n) is 4.07. The molecule has 0 radical (unpaired) electrons. The van der Waals surface area contributed by atoms with Gasteiger partial charge in [0.2, 0.25) is 0 Å². The van der Waals surface area contributed by atoms with Crippen molar-refractivity contribution in [2.45, 2.75) is 13.0 Å². The van der Waals surface area contributed by atoms with Crippen LogP contribution >= 0.6 is 11.6 Å². The Kier molecular flexibility index (Phi) is 1.88. The lowest BCUT2D eigenvalue weighted by Crippen LogP contribution is -2.27. The van der Waals surface area contributed by atoms with Gasteiger partial charge in [-0.05, 0) is 19.1 Å². The van der Waals surface area contributed by atoms with E-state index >= 15 is 0 Å². The van der Waals surface area contributed by atoms with E-state index in [4.69, 9.17) is 17.3 Å². The molecule has 1 aliphatic heterocycles. The van der Waals surface area contributed by atoms with Gasteiger partial charge in [0.1, 0.15) is 0 Å². The average Bonchev–Trinajstić information content (AvgIpc) is 2.02. The molecule has 0 aliphatic carbocycles. The summed E-state index contributed by atoms with van der Waals surface area (Å²) >= 11 is 6.03. The third-order valence-electron chi connectivity index (χ3n) is 2.07. The molecule has 0 amide bonds. The molecule has 0 saturated heterocycles. The molecule has 0 fully saturated rings. The molecule has 13 heavy (non-hydrogen) atoms. The number of guanidine groups is 1. The van der Waals surface area contributed by atoms with Gasteiger partial charge in [-0.2, -0.15) is 0 Å². The van der Waals surface area contributed by atoms with Crippen LogP contribution in [0.2, 0.25) is 5.02 Å². The summed E-state index contributed by atoms with van der Waals surface area (Å²) in [6, 6.07) is 5.72. The quantitative estimate of drug-likeness (QED) is 0.667. The molecule has 3 nitrogen and oxygen atoms in total. The van der Waals surface area contributed by atoms with E-state index in [1.165, 1.54) is 0 Å². The van der Waals surface area contributed by atoms with Gasteiger partial charge in [-0.25, -0.2) is 4.99 Å². The van der Waals surface area contributed by atoms with E-state index in [9.17, 15) is 0 Å². The Morgan fingerprint density at radius 2 is 2.31 bits per heavy atom. The van der Waals surface area contributed by atoms with Gasteiger partial charge in [-0.1, -0.05) is 17.7 Å². The fourth-order valence-electron chi connectivity index (χ4n) is 1.51. The number of nitrogens with zero attached hydrogens (tertiary/aromatic N) is 1. The first-order chi connectivity index (χ1) is 6.18. The Labute approximate surface area is 81.6 Å². The van der Waals surface area contributed by atoms with Gasteiger partial charge in [0.25, 0.3) is 0 Å². The van der Waals surface area contributed by atoms with E-state index in [2.05, 4.69) is 10.3 Å². The van der Waals surface area contributed by atoms with Crippen LogP contribution < -0.4 is 11.1 Å². The van der Waals surface area contributed by atoms with Crippen LogP contribution in [0.15, 0.2) is 23.2 Å². The zero-order valence-electron chi connectivity index (χ0n) is 7.21. The number of aliphatic imine (C=N–C) groups is 1. The number of benzene rings is 1. The normalized spacial score (nSPS) is 20.2. The minimum absolute atomic E-state index is 0.0324. The first-order valence-corrected chi connectivity index (χ1v) is 4.45. The van der Waals surface area contributed by atoms with Crippen LogP contribution in [0, 0.1) is 0 Å². The summed E-state index contributed by atoms with van der Waals surface area (Å²) in [6.45, 7) is 1.97. The maximum Gasteiger partial charge on any atom is 0.193 e. The largest absolute Gasteiger partial charge is 0.370 e. The number of nitrogens with one attached hydrogen (secondary N) is 1. The summed E-state index contributed by atoms with van der Waals surface area (Å²) in [7, 11) is 0. The molecular formula is C9H10ClN3. The zero-order chi connectivity index (χ0) is 9.42. The molecular weight excluding hydrogens is 186 g/mol. The van der Waals surface area contributed by atoms with Crippen LogP contribution in [0.25, 0.3) is 0 Å². The SMILES string of the molecule is C[C@H]1N=C(N)Nc2cccc(Cl)c21. The topological polar surface area (TPSA) is 50.4 Å². The molecule has 68 valence electrons. The lowest BCUT2D eigenvalue weighted by Gasteiger charge is -2.21. The molecule has 0 unspecified atom stereocenters. The molecule has 0 saturated carbocycles. The second kappa shape index (κ2) is 2.92. The summed E-state index contributed by atoms with van der Waals surface area (Å²) in [6.07, 6.45) is 0. The maximum atomic E-state index is 6.03. The molecule has 0 bridgehead atoms. The molecule has 4 heteroatoms. The highest BCUT2D eigenvalue weighted by Gasteiger charge is 2.18. The lowest BCUT2D eigenvalue weighted by atomic mass is 10.1. The van der Waals surface area contributed by atoms with E-state index < -0.39 is 0 Å². The van der Waals surface area contributed by atoms with Crippen molar-refractivity contribution in [1.82, 2.24) is 0 Å². The Bertz CT molecular complexity index is 373. The van der Waals surface area contributed by atoms with Gasteiger partial charge in [0, 0.05) is 16.3 Å². The van der Waals surface area contributed by atoms with Crippen molar-refractivity contribution in [3.05, 3.63) is 28.8 Å². The van der Waals surface area contributed by atoms with Crippen molar-refractivity contribution in [2.75, 3.05) is 5.32 Å². The molecule has 3 N–H and O–H groups in total. The number of rotatable bonds is 0. The third kappa shape index (κ3) is 1.35. The molecule has 2 rings (SSSR count). The van der Waals surface area contributed by atoms with E-state index in [0.717, 1.165) is 16.3 Å². The Morgan fingerprint density at radius 1 is 1.54 bits per heavy atom. The van der Waals surface area contributed by atoms with Crippen molar-refractivity contribution in [3.8, 4) is 0 Å². The van der Waals surface area contributed by atoms with Crippen LogP contribution in [0.5, 0.6) is 0 Å². The number of hydrogen-bond donors (Lipinski definition) is 2. The molecule has 1 heterocycles. The van der Waals surface area contributed by atoms with Gasteiger partial charge in [-0.3, -0.25) is 0 Å². The van der Waals surface area contributed by atoms with Crippen LogP contribution in [-0.4, -0.2) is 5.96 Å². The van der Waals surface area contributed by atoms with E-state index in [-0.39, 0.29) is 6.04 Å². The Morgan fingerprint density at radius 3 is 3.08 bits per heavy atom. The highest BCUT2D eigenvalue weighted by atomic mass is 35.5. The predicted molar refractivity (Wildman–Crippen MR) is 55.1 cm³/mol. The molecule has 0 aromatic heterocycles. The molecule has 1 atom stereocenters. The third-order valence-corrected chi connectivity index (χ3v) is 2.40. The molecule has 1 aliphatic rings. The minimum atomic E-state index is 0.0324. The number of hydrogen-bond acceptors (Lipinski definition) is 3. The number of anilines is 1. The standard InChI is InChI=1S/C9H10ClN3/c1-5-8-6(10)3-2-4-7(8)13-9(11)12-5/h2-5H,1H3,(H3,11,12,13)/t5-/m1/s1. The van der Waals surface area contributed by atoms with Crippen LogP contribution in [0.3, 0.4) is 0 Å². The number of fused-ring (bicyclic) bond motifs is 1. The van der Waals surface area contributed by atoms with Crippen molar-refractivity contribution in [1.29, 1.82) is 0 Å². The van der Waals surface area contributed by atoms with Crippen LogP contribution in [-0.2, 0) is 0 Å². The molecule has 0 spiro atoms. The van der Waals surface area contributed by atoms with Crippen LogP contribution in [0.4, 0.5) is 5.69 Å². The summed E-state index contributed by atoms with van der Waals surface area (Å²) in [5.74, 6) is 0.447. The summed E-state index contributed by atoms with van der Waals surface area (Å²) in [5, 5.41) is 3.70. The Balaban J connectivity index is 2.56. The van der Waals surface area contributed by atoms with Crippen LogP contribution in [0.1, 0.15) is 18.5 Å². The van der Waals surface area contributed by atoms with Crippen molar-refractivity contribution >= 4 is 23.2 Å². The second-order valence-electron chi connectivity index (χ2n) is 3.02. The molecule has 1 aromatic rings. The maximum absolute atomic E-state index is 6.03. The molecule has 1 aromatic carbocycles. The Hall–Kier alpha value is -1.22. The van der Waals surface area contributed by atoms with Crippen molar-refractivity contribution in [2.24, 2.45) is 10.7 Å². The van der Waals surface area contributed by atoms with Gasteiger partial charge < -0.3 is 11.1 Å². The van der Waals surface area contributed by atoms with E-state index in [0.29, 0.717) is 5.96 Å².